The van der Waals surface area contributed by atoms with Crippen LogP contribution in [-0.4, -0.2) is 35.7 Å². The number of hydrogen-bond donors (Lipinski definition) is 0. The third-order valence-electron chi connectivity index (χ3n) is 3.57. The average molecular weight is 357 g/mol. The van der Waals surface area contributed by atoms with Crippen molar-refractivity contribution >= 4 is 35.0 Å². The molecule has 6 nitrogen and oxygen atoms in total. The monoisotopic (exact) mass is 357 g/mol. The first-order valence-electron chi connectivity index (χ1n) is 7.58. The van der Waals surface area contributed by atoms with Crippen molar-refractivity contribution in [1.29, 1.82) is 0 Å². The van der Waals surface area contributed by atoms with Crippen LogP contribution in [0, 0.1) is 0 Å². The van der Waals surface area contributed by atoms with E-state index in [9.17, 15) is 14.4 Å². The zero-order valence-corrected chi connectivity index (χ0v) is 14.5. The fourth-order valence-corrected chi connectivity index (χ4v) is 3.05. The molecule has 0 N–H and O–H groups in total. The molecule has 25 heavy (non-hydrogen) atoms. The van der Waals surface area contributed by atoms with Gasteiger partial charge in [0.25, 0.3) is 11.1 Å². The smallest absolute Gasteiger partial charge is 0.338 e. The van der Waals surface area contributed by atoms with Crippen LogP contribution in [0.4, 0.5) is 4.79 Å². The van der Waals surface area contributed by atoms with E-state index in [0.29, 0.717) is 28.6 Å². The summed E-state index contributed by atoms with van der Waals surface area (Å²) in [6.07, 6.45) is 1.55. The molecule has 1 aliphatic heterocycles. The van der Waals surface area contributed by atoms with Crippen LogP contribution >= 0.6 is 11.8 Å². The zero-order valence-electron chi connectivity index (χ0n) is 13.6. The second-order valence-corrected chi connectivity index (χ2v) is 6.23. The number of nitrogens with zero attached hydrogens (tertiary/aromatic N) is 1. The maximum absolute atomic E-state index is 11.9. The summed E-state index contributed by atoms with van der Waals surface area (Å²) in [5.41, 5.74) is 1.25. The van der Waals surface area contributed by atoms with Crippen molar-refractivity contribution in [2.75, 3.05) is 13.7 Å². The predicted molar refractivity (Wildman–Crippen MR) is 93.8 cm³/mol. The van der Waals surface area contributed by atoms with Gasteiger partial charge in [0, 0.05) is 18.7 Å². The number of carbonyl (C=O) groups excluding carboxylic acids is 3. The van der Waals surface area contributed by atoms with Crippen molar-refractivity contribution in [3.05, 3.63) is 52.6 Å². The molecular weight excluding hydrogens is 342 g/mol. The van der Waals surface area contributed by atoms with Crippen molar-refractivity contribution in [3.63, 3.8) is 0 Å². The first-order chi connectivity index (χ1) is 12.0. The van der Waals surface area contributed by atoms with Crippen molar-refractivity contribution in [1.82, 2.24) is 4.90 Å². The number of imide groups is 1. The van der Waals surface area contributed by atoms with Crippen LogP contribution in [0.1, 0.15) is 23.0 Å². The Labute approximate surface area is 148 Å². The molecule has 128 valence electrons. The molecule has 0 saturated carbocycles. The highest BCUT2D eigenvalue weighted by molar-refractivity contribution is 8.18. The molecule has 7 heteroatoms. The Balaban J connectivity index is 1.79. The number of carbonyl (C=O) groups is 3. The Kier molecular flexibility index (Phi) is 4.76. The van der Waals surface area contributed by atoms with Gasteiger partial charge >= 0.3 is 5.97 Å². The largest absolute Gasteiger partial charge is 0.462 e. The van der Waals surface area contributed by atoms with Gasteiger partial charge in [0.15, 0.2) is 0 Å². The Morgan fingerprint density at radius 2 is 1.92 bits per heavy atom. The number of benzene rings is 1. The number of esters is 1. The Hall–Kier alpha value is -2.80. The van der Waals surface area contributed by atoms with Crippen LogP contribution in [0.25, 0.3) is 17.4 Å². The quantitative estimate of drug-likeness (QED) is 0.612. The number of likely N-dealkylation sites (N-methyl/N-ethyl adjacent to an activating group) is 1. The van der Waals surface area contributed by atoms with Crippen LogP contribution < -0.4 is 0 Å². The topological polar surface area (TPSA) is 76.8 Å². The van der Waals surface area contributed by atoms with E-state index in [-0.39, 0.29) is 17.1 Å². The minimum absolute atomic E-state index is 0.308. The number of amides is 2. The summed E-state index contributed by atoms with van der Waals surface area (Å²) in [6, 6.07) is 10.3. The molecule has 2 aromatic rings. The van der Waals surface area contributed by atoms with Gasteiger partial charge in [-0.3, -0.25) is 14.5 Å². The van der Waals surface area contributed by atoms with E-state index in [0.717, 1.165) is 22.2 Å². The van der Waals surface area contributed by atoms with Gasteiger partial charge < -0.3 is 9.15 Å². The number of thioether (sulfide) groups is 1. The summed E-state index contributed by atoms with van der Waals surface area (Å²) in [7, 11) is 1.44. The molecule has 0 bridgehead atoms. The van der Waals surface area contributed by atoms with Gasteiger partial charge in [0.1, 0.15) is 11.5 Å². The van der Waals surface area contributed by atoms with E-state index < -0.39 is 0 Å². The number of rotatable bonds is 4. The van der Waals surface area contributed by atoms with Crippen molar-refractivity contribution in [3.8, 4) is 11.3 Å². The van der Waals surface area contributed by atoms with Gasteiger partial charge in [-0.1, -0.05) is 12.1 Å². The minimum atomic E-state index is -0.371. The molecule has 0 unspecified atom stereocenters. The van der Waals surface area contributed by atoms with Crippen molar-refractivity contribution in [2.45, 2.75) is 6.92 Å². The minimum Gasteiger partial charge on any atom is -0.462 e. The number of ether oxygens (including phenoxy) is 1. The first-order valence-corrected chi connectivity index (χ1v) is 8.40. The SMILES string of the molecule is CCOC(=O)c1ccc(-c2ccc(/C=C3\SC(=O)N(C)C3=O)o2)cc1. The maximum atomic E-state index is 11.9. The van der Waals surface area contributed by atoms with Gasteiger partial charge in [0.2, 0.25) is 0 Å². The lowest BCUT2D eigenvalue weighted by Gasteiger charge is -2.02. The zero-order chi connectivity index (χ0) is 18.0. The van der Waals surface area contributed by atoms with Crippen LogP contribution in [0.5, 0.6) is 0 Å². The molecule has 0 atom stereocenters. The number of hydrogen-bond acceptors (Lipinski definition) is 6. The molecule has 0 aliphatic carbocycles. The van der Waals surface area contributed by atoms with E-state index >= 15 is 0 Å². The van der Waals surface area contributed by atoms with E-state index in [1.54, 1.807) is 49.4 Å². The van der Waals surface area contributed by atoms with Crippen molar-refractivity contribution < 1.29 is 23.5 Å². The van der Waals surface area contributed by atoms with Crippen LogP contribution in [0.2, 0.25) is 0 Å². The van der Waals surface area contributed by atoms with Gasteiger partial charge in [0.05, 0.1) is 17.1 Å². The summed E-state index contributed by atoms with van der Waals surface area (Å²) in [5, 5.41) is -0.308. The van der Waals surface area contributed by atoms with Gasteiger partial charge in [-0.05, 0) is 43.0 Å². The Bertz CT molecular complexity index is 866. The highest BCUT2D eigenvalue weighted by atomic mass is 32.2. The highest BCUT2D eigenvalue weighted by Gasteiger charge is 2.32. The second kappa shape index (κ2) is 6.98. The Morgan fingerprint density at radius 1 is 1.20 bits per heavy atom. The van der Waals surface area contributed by atoms with Gasteiger partial charge in [-0.2, -0.15) is 0 Å². The molecule has 1 aromatic heterocycles. The summed E-state index contributed by atoms with van der Waals surface area (Å²) < 4.78 is 10.7. The highest BCUT2D eigenvalue weighted by Crippen LogP contribution is 2.32. The predicted octanol–water partition coefficient (Wildman–Crippen LogP) is 3.79. The molecule has 1 aromatic carbocycles. The Morgan fingerprint density at radius 3 is 2.52 bits per heavy atom. The lowest BCUT2D eigenvalue weighted by molar-refractivity contribution is -0.121. The van der Waals surface area contributed by atoms with Crippen LogP contribution in [0.3, 0.4) is 0 Å². The summed E-state index contributed by atoms with van der Waals surface area (Å²) in [4.78, 5) is 36.4. The number of furan rings is 1. The lowest BCUT2D eigenvalue weighted by Crippen LogP contribution is -2.22. The lowest BCUT2D eigenvalue weighted by atomic mass is 10.1. The van der Waals surface area contributed by atoms with E-state index in [4.69, 9.17) is 9.15 Å². The fraction of sp³-hybridized carbons (Fsp3) is 0.167. The van der Waals surface area contributed by atoms with Crippen LogP contribution in [0.15, 0.2) is 45.7 Å². The molecule has 2 heterocycles. The summed E-state index contributed by atoms with van der Waals surface area (Å²) in [5.74, 6) is 0.358. The summed E-state index contributed by atoms with van der Waals surface area (Å²) >= 11 is 0.879. The fourth-order valence-electron chi connectivity index (χ4n) is 2.25. The molecule has 2 amide bonds. The molecule has 0 radical (unpaired) electrons. The van der Waals surface area contributed by atoms with E-state index in [1.807, 2.05) is 0 Å². The molecule has 3 rings (SSSR count). The maximum Gasteiger partial charge on any atom is 0.338 e. The average Bonchev–Trinajstić information content (AvgIpc) is 3.17. The molecular formula is C18H15NO5S. The van der Waals surface area contributed by atoms with Crippen molar-refractivity contribution in [2.24, 2.45) is 0 Å². The van der Waals surface area contributed by atoms with Crippen LogP contribution in [-0.2, 0) is 9.53 Å². The standard InChI is InChI=1S/C18H15NO5S/c1-3-23-17(21)12-6-4-11(5-7-12)14-9-8-13(24-14)10-15-16(20)19(2)18(22)25-15/h4-10H,3H2,1-2H3/b15-10-. The normalized spacial score (nSPS) is 15.9. The van der Waals surface area contributed by atoms with E-state index in [1.165, 1.54) is 7.05 Å². The molecule has 1 fully saturated rings. The van der Waals surface area contributed by atoms with E-state index in [2.05, 4.69) is 0 Å². The second-order valence-electron chi connectivity index (χ2n) is 5.24. The van der Waals surface area contributed by atoms with Gasteiger partial charge in [-0.25, -0.2) is 4.79 Å². The third kappa shape index (κ3) is 3.51. The third-order valence-corrected chi connectivity index (χ3v) is 4.53. The first kappa shape index (κ1) is 17.0. The molecule has 1 aliphatic rings. The molecule has 1 saturated heterocycles. The molecule has 0 spiro atoms. The van der Waals surface area contributed by atoms with Gasteiger partial charge in [-0.15, -0.1) is 0 Å². The summed E-state index contributed by atoms with van der Waals surface area (Å²) in [6.45, 7) is 2.08.